The van der Waals surface area contributed by atoms with Crippen molar-refractivity contribution in [2.75, 3.05) is 55.8 Å². The van der Waals surface area contributed by atoms with Gasteiger partial charge in [0.1, 0.15) is 17.8 Å². The number of anilines is 3. The van der Waals surface area contributed by atoms with Gasteiger partial charge in [-0.1, -0.05) is 0 Å². The molecule has 8 nitrogen and oxygen atoms in total. The summed E-state index contributed by atoms with van der Waals surface area (Å²) in [6, 6.07) is 3.74. The van der Waals surface area contributed by atoms with E-state index in [9.17, 15) is 0 Å². The van der Waals surface area contributed by atoms with Crippen LogP contribution in [0.15, 0.2) is 29.1 Å². The van der Waals surface area contributed by atoms with Crippen molar-refractivity contribution < 1.29 is 9.15 Å². The van der Waals surface area contributed by atoms with Gasteiger partial charge in [0.2, 0.25) is 0 Å². The maximum absolute atomic E-state index is 6.13. The number of nitrogen functional groups attached to an aromatic ring is 1. The van der Waals surface area contributed by atoms with Crippen LogP contribution in [0.2, 0.25) is 0 Å². The number of furan rings is 1. The van der Waals surface area contributed by atoms with Crippen molar-refractivity contribution in [3.63, 3.8) is 0 Å². The SMILES string of the molecule is Nc1c(NCCN2CCOCC2)ncnc1NCc1ccco1. The topological polar surface area (TPSA) is 101 Å². The molecular formula is C15H22N6O2. The monoisotopic (exact) mass is 318 g/mol. The second-order valence-electron chi connectivity index (χ2n) is 5.30. The van der Waals surface area contributed by atoms with Crippen LogP contribution in [-0.4, -0.2) is 54.3 Å². The second kappa shape index (κ2) is 7.80. The summed E-state index contributed by atoms with van der Waals surface area (Å²) >= 11 is 0. The number of nitrogens with zero attached hydrogens (tertiary/aromatic N) is 3. The van der Waals surface area contributed by atoms with Crippen molar-refractivity contribution >= 4 is 17.3 Å². The number of nitrogens with one attached hydrogen (secondary N) is 2. The van der Waals surface area contributed by atoms with E-state index in [4.69, 9.17) is 14.9 Å². The predicted molar refractivity (Wildman–Crippen MR) is 88.2 cm³/mol. The third-order valence-electron chi connectivity index (χ3n) is 3.72. The van der Waals surface area contributed by atoms with E-state index in [1.807, 2.05) is 12.1 Å². The maximum Gasteiger partial charge on any atom is 0.155 e. The number of hydrogen-bond acceptors (Lipinski definition) is 8. The smallest absolute Gasteiger partial charge is 0.155 e. The lowest BCUT2D eigenvalue weighted by Gasteiger charge is -2.26. The Morgan fingerprint density at radius 1 is 1.17 bits per heavy atom. The van der Waals surface area contributed by atoms with Crippen LogP contribution in [0.1, 0.15) is 5.76 Å². The van der Waals surface area contributed by atoms with Gasteiger partial charge in [0.15, 0.2) is 11.6 Å². The van der Waals surface area contributed by atoms with Crippen molar-refractivity contribution in [1.29, 1.82) is 0 Å². The van der Waals surface area contributed by atoms with E-state index in [0.717, 1.165) is 45.2 Å². The molecule has 1 aliphatic rings. The lowest BCUT2D eigenvalue weighted by Crippen LogP contribution is -2.39. The summed E-state index contributed by atoms with van der Waals surface area (Å²) in [5.74, 6) is 2.07. The Balaban J connectivity index is 1.51. The zero-order valence-corrected chi connectivity index (χ0v) is 13.0. The summed E-state index contributed by atoms with van der Waals surface area (Å²) in [6.07, 6.45) is 3.14. The van der Waals surface area contributed by atoms with E-state index in [1.54, 1.807) is 6.26 Å². The van der Waals surface area contributed by atoms with Gasteiger partial charge in [0.25, 0.3) is 0 Å². The average molecular weight is 318 g/mol. The first-order chi connectivity index (χ1) is 11.3. The summed E-state index contributed by atoms with van der Waals surface area (Å²) in [4.78, 5) is 10.7. The molecule has 0 bridgehead atoms. The number of hydrogen-bond donors (Lipinski definition) is 3. The van der Waals surface area contributed by atoms with Gasteiger partial charge < -0.3 is 25.5 Å². The van der Waals surface area contributed by atoms with Crippen molar-refractivity contribution in [2.24, 2.45) is 0 Å². The van der Waals surface area contributed by atoms with Crippen LogP contribution in [-0.2, 0) is 11.3 Å². The van der Waals surface area contributed by atoms with Crippen LogP contribution in [0, 0.1) is 0 Å². The van der Waals surface area contributed by atoms with Crippen LogP contribution in [0.5, 0.6) is 0 Å². The summed E-state index contributed by atoms with van der Waals surface area (Å²) in [6.45, 7) is 5.78. The van der Waals surface area contributed by atoms with Crippen LogP contribution < -0.4 is 16.4 Å². The van der Waals surface area contributed by atoms with E-state index in [2.05, 4.69) is 25.5 Å². The Kier molecular flexibility index (Phi) is 5.28. The molecule has 3 heterocycles. The molecule has 4 N–H and O–H groups in total. The third-order valence-corrected chi connectivity index (χ3v) is 3.72. The molecule has 0 unspecified atom stereocenters. The first-order valence-corrected chi connectivity index (χ1v) is 7.73. The lowest BCUT2D eigenvalue weighted by atomic mass is 10.3. The Morgan fingerprint density at radius 3 is 2.70 bits per heavy atom. The van der Waals surface area contributed by atoms with E-state index in [1.165, 1.54) is 6.33 Å². The fraction of sp³-hybridized carbons (Fsp3) is 0.467. The van der Waals surface area contributed by atoms with E-state index in [0.29, 0.717) is 23.9 Å². The van der Waals surface area contributed by atoms with Crippen LogP contribution in [0.25, 0.3) is 0 Å². The Labute approximate surface area is 135 Å². The van der Waals surface area contributed by atoms with Crippen LogP contribution >= 0.6 is 0 Å². The molecule has 1 saturated heterocycles. The molecular weight excluding hydrogens is 296 g/mol. The van der Waals surface area contributed by atoms with Crippen molar-refractivity contribution in [3.8, 4) is 0 Å². The highest BCUT2D eigenvalue weighted by atomic mass is 16.5. The van der Waals surface area contributed by atoms with E-state index < -0.39 is 0 Å². The Morgan fingerprint density at radius 2 is 1.96 bits per heavy atom. The molecule has 0 atom stereocenters. The zero-order valence-electron chi connectivity index (χ0n) is 13.0. The Hall–Kier alpha value is -2.32. The highest BCUT2D eigenvalue weighted by molar-refractivity contribution is 5.73. The Bertz CT molecular complexity index is 598. The van der Waals surface area contributed by atoms with Gasteiger partial charge in [-0.3, -0.25) is 4.90 Å². The van der Waals surface area contributed by atoms with Gasteiger partial charge >= 0.3 is 0 Å². The standard InChI is InChI=1S/C15H22N6O2/c16-13-14(17-3-4-21-5-8-22-9-6-21)19-11-20-15(13)18-10-12-2-1-7-23-12/h1-2,7,11H,3-6,8-10,16H2,(H2,17,18,19,20). The summed E-state index contributed by atoms with van der Waals surface area (Å²) in [5.41, 5.74) is 6.64. The normalized spacial score (nSPS) is 15.5. The minimum Gasteiger partial charge on any atom is -0.467 e. The fourth-order valence-electron chi connectivity index (χ4n) is 2.42. The van der Waals surface area contributed by atoms with Gasteiger partial charge in [-0.25, -0.2) is 9.97 Å². The quantitative estimate of drug-likeness (QED) is 0.695. The molecule has 1 fully saturated rings. The number of rotatable bonds is 7. The predicted octanol–water partition coefficient (Wildman–Crippen LogP) is 1.01. The van der Waals surface area contributed by atoms with Crippen LogP contribution in [0.3, 0.4) is 0 Å². The molecule has 2 aromatic rings. The molecule has 0 saturated carbocycles. The first kappa shape index (κ1) is 15.6. The summed E-state index contributed by atoms with van der Waals surface area (Å²) < 4.78 is 10.6. The molecule has 0 radical (unpaired) electrons. The highest BCUT2D eigenvalue weighted by Crippen LogP contribution is 2.22. The second-order valence-corrected chi connectivity index (χ2v) is 5.30. The van der Waals surface area contributed by atoms with Crippen molar-refractivity contribution in [3.05, 3.63) is 30.5 Å². The van der Waals surface area contributed by atoms with Gasteiger partial charge in [-0.15, -0.1) is 0 Å². The minimum atomic E-state index is 0.515. The van der Waals surface area contributed by atoms with Crippen molar-refractivity contribution in [1.82, 2.24) is 14.9 Å². The molecule has 0 spiro atoms. The number of ether oxygens (including phenoxy) is 1. The molecule has 0 amide bonds. The van der Waals surface area contributed by atoms with E-state index in [-0.39, 0.29) is 0 Å². The average Bonchev–Trinajstić information content (AvgIpc) is 3.10. The van der Waals surface area contributed by atoms with Gasteiger partial charge in [-0.2, -0.15) is 0 Å². The maximum atomic E-state index is 6.13. The molecule has 0 aliphatic carbocycles. The largest absolute Gasteiger partial charge is 0.467 e. The van der Waals surface area contributed by atoms with Gasteiger partial charge in [0, 0.05) is 26.2 Å². The molecule has 1 aliphatic heterocycles. The van der Waals surface area contributed by atoms with Gasteiger partial charge in [0.05, 0.1) is 26.0 Å². The number of morpholine rings is 1. The van der Waals surface area contributed by atoms with Crippen LogP contribution in [0.4, 0.5) is 17.3 Å². The van der Waals surface area contributed by atoms with Crippen molar-refractivity contribution in [2.45, 2.75) is 6.54 Å². The minimum absolute atomic E-state index is 0.515. The fourth-order valence-corrected chi connectivity index (χ4v) is 2.42. The summed E-state index contributed by atoms with van der Waals surface area (Å²) in [5, 5.41) is 6.43. The molecule has 0 aromatic carbocycles. The molecule has 124 valence electrons. The highest BCUT2D eigenvalue weighted by Gasteiger charge is 2.11. The number of aromatic nitrogens is 2. The molecule has 3 rings (SSSR count). The van der Waals surface area contributed by atoms with E-state index >= 15 is 0 Å². The third kappa shape index (κ3) is 4.33. The number of nitrogens with two attached hydrogens (primary N) is 1. The lowest BCUT2D eigenvalue weighted by molar-refractivity contribution is 0.0398. The molecule has 2 aromatic heterocycles. The van der Waals surface area contributed by atoms with Gasteiger partial charge in [-0.05, 0) is 12.1 Å². The first-order valence-electron chi connectivity index (χ1n) is 7.73. The molecule has 8 heteroatoms. The summed E-state index contributed by atoms with van der Waals surface area (Å²) in [7, 11) is 0. The zero-order chi connectivity index (χ0) is 15.9. The molecule has 23 heavy (non-hydrogen) atoms.